The Balaban J connectivity index is 0.00000338. The van der Waals surface area contributed by atoms with Crippen LogP contribution in [0.5, 0.6) is 0 Å². The average Bonchev–Trinajstić information content (AvgIpc) is 2.62. The van der Waals surface area contributed by atoms with Gasteiger partial charge in [0.2, 0.25) is 5.91 Å². The van der Waals surface area contributed by atoms with Crippen molar-refractivity contribution in [1.29, 1.82) is 0 Å². The van der Waals surface area contributed by atoms with E-state index in [-0.39, 0.29) is 36.7 Å². The zero-order valence-corrected chi connectivity index (χ0v) is 16.0. The maximum absolute atomic E-state index is 12.6. The van der Waals surface area contributed by atoms with Gasteiger partial charge in [0.15, 0.2) is 0 Å². The second-order valence-electron chi connectivity index (χ2n) is 5.82. The molecule has 0 saturated heterocycles. The van der Waals surface area contributed by atoms with Crippen LogP contribution in [0.3, 0.4) is 0 Å². The number of amides is 2. The van der Waals surface area contributed by atoms with E-state index in [1.807, 2.05) is 37.3 Å². The van der Waals surface area contributed by atoms with Crippen molar-refractivity contribution in [3.8, 4) is 0 Å². The fraction of sp³-hybridized carbons (Fsp3) is 0.263. The molecule has 5 nitrogen and oxygen atoms in total. The van der Waals surface area contributed by atoms with Gasteiger partial charge in [-0.15, -0.1) is 12.4 Å². The van der Waals surface area contributed by atoms with Crippen molar-refractivity contribution in [3.05, 3.63) is 70.7 Å². The first-order valence-electron chi connectivity index (χ1n) is 8.11. The molecule has 26 heavy (non-hydrogen) atoms. The molecule has 0 radical (unpaired) electrons. The number of nitrogens with two attached hydrogens (primary N) is 1. The summed E-state index contributed by atoms with van der Waals surface area (Å²) in [6.45, 7) is 2.19. The third-order valence-electron chi connectivity index (χ3n) is 3.78. The lowest BCUT2D eigenvalue weighted by molar-refractivity contribution is -0.122. The Morgan fingerprint density at radius 2 is 1.65 bits per heavy atom. The number of halogens is 2. The molecule has 0 aliphatic rings. The second-order valence-corrected chi connectivity index (χ2v) is 6.23. The number of carbonyl (C=O) groups is 2. The van der Waals surface area contributed by atoms with Crippen LogP contribution in [0.15, 0.2) is 54.6 Å². The second kappa shape index (κ2) is 10.8. The van der Waals surface area contributed by atoms with Crippen LogP contribution in [0, 0.1) is 0 Å². The molecule has 0 spiro atoms. The summed E-state index contributed by atoms with van der Waals surface area (Å²) in [5.41, 5.74) is 6.76. The Labute approximate surface area is 164 Å². The van der Waals surface area contributed by atoms with E-state index in [0.717, 1.165) is 5.56 Å². The lowest BCUT2D eigenvalue weighted by atomic mass is 10.0. The normalized spacial score (nSPS) is 12.4. The minimum Gasteiger partial charge on any atom is -0.352 e. The first kappa shape index (κ1) is 22.0. The summed E-state index contributed by atoms with van der Waals surface area (Å²) in [6, 6.07) is 15.6. The molecule has 7 heteroatoms. The van der Waals surface area contributed by atoms with E-state index in [4.69, 9.17) is 17.3 Å². The molecule has 2 atom stereocenters. The average molecular weight is 396 g/mol. The number of carbonyl (C=O) groups excluding carboxylic acids is 2. The van der Waals surface area contributed by atoms with Crippen LogP contribution in [0.2, 0.25) is 5.02 Å². The van der Waals surface area contributed by atoms with E-state index in [2.05, 4.69) is 10.6 Å². The summed E-state index contributed by atoms with van der Waals surface area (Å²) in [7, 11) is 0. The summed E-state index contributed by atoms with van der Waals surface area (Å²) in [5.74, 6) is -0.495. The third kappa shape index (κ3) is 6.33. The van der Waals surface area contributed by atoms with Gasteiger partial charge in [-0.3, -0.25) is 9.59 Å². The van der Waals surface area contributed by atoms with Gasteiger partial charge < -0.3 is 16.4 Å². The lowest BCUT2D eigenvalue weighted by Crippen LogP contribution is -2.40. The lowest BCUT2D eigenvalue weighted by Gasteiger charge is -2.20. The first-order chi connectivity index (χ1) is 12.0. The smallest absolute Gasteiger partial charge is 0.253 e. The van der Waals surface area contributed by atoms with Gasteiger partial charge in [-0.2, -0.15) is 0 Å². The summed E-state index contributed by atoms with van der Waals surface area (Å²) in [5, 5.41) is 6.08. The Bertz CT molecular complexity index is 726. The largest absolute Gasteiger partial charge is 0.352 e. The fourth-order valence-corrected chi connectivity index (χ4v) is 2.62. The Morgan fingerprint density at radius 3 is 2.27 bits per heavy atom. The van der Waals surface area contributed by atoms with Crippen LogP contribution in [0.4, 0.5) is 0 Å². The van der Waals surface area contributed by atoms with Gasteiger partial charge in [0.25, 0.3) is 5.91 Å². The highest BCUT2D eigenvalue weighted by Crippen LogP contribution is 2.20. The highest BCUT2D eigenvalue weighted by molar-refractivity contribution is 6.33. The van der Waals surface area contributed by atoms with Gasteiger partial charge in [-0.05, 0) is 24.6 Å². The van der Waals surface area contributed by atoms with Crippen molar-refractivity contribution in [2.24, 2.45) is 5.73 Å². The van der Waals surface area contributed by atoms with E-state index in [1.165, 1.54) is 0 Å². The number of benzene rings is 2. The molecule has 2 aromatic carbocycles. The topological polar surface area (TPSA) is 84.2 Å². The standard InChI is InChI=1S/C19H22ClN3O2.ClH/c1-13(12-21)22-18(24)11-17(14-7-3-2-4-8-14)23-19(25)15-9-5-6-10-16(15)20;/h2-10,13,17H,11-12,21H2,1H3,(H,22,24)(H,23,25);1H/t13-,17?;/m0./s1. The molecule has 0 fully saturated rings. The molecule has 0 aliphatic carbocycles. The zero-order chi connectivity index (χ0) is 18.2. The molecule has 0 bridgehead atoms. The van der Waals surface area contributed by atoms with Crippen LogP contribution in [0.1, 0.15) is 35.3 Å². The number of rotatable bonds is 7. The Kier molecular flexibility index (Phi) is 9.13. The molecular formula is C19H23Cl2N3O2. The number of hydrogen-bond acceptors (Lipinski definition) is 3. The fourth-order valence-electron chi connectivity index (χ4n) is 2.40. The Morgan fingerprint density at radius 1 is 1.04 bits per heavy atom. The highest BCUT2D eigenvalue weighted by Gasteiger charge is 2.20. The summed E-state index contributed by atoms with van der Waals surface area (Å²) < 4.78 is 0. The van der Waals surface area contributed by atoms with E-state index < -0.39 is 6.04 Å². The van der Waals surface area contributed by atoms with Gasteiger partial charge in [-0.25, -0.2) is 0 Å². The van der Waals surface area contributed by atoms with Gasteiger partial charge in [0, 0.05) is 12.6 Å². The van der Waals surface area contributed by atoms with Crippen LogP contribution in [-0.2, 0) is 4.79 Å². The van der Waals surface area contributed by atoms with Crippen molar-refractivity contribution in [2.45, 2.75) is 25.4 Å². The zero-order valence-electron chi connectivity index (χ0n) is 14.4. The number of nitrogens with one attached hydrogen (secondary N) is 2. The van der Waals surface area contributed by atoms with Crippen LogP contribution < -0.4 is 16.4 Å². The van der Waals surface area contributed by atoms with Gasteiger partial charge >= 0.3 is 0 Å². The maximum atomic E-state index is 12.6. The highest BCUT2D eigenvalue weighted by atomic mass is 35.5. The Hall–Kier alpha value is -2.08. The van der Waals surface area contributed by atoms with Crippen molar-refractivity contribution in [1.82, 2.24) is 10.6 Å². The van der Waals surface area contributed by atoms with Crippen molar-refractivity contribution in [3.63, 3.8) is 0 Å². The molecule has 0 aliphatic heterocycles. The van der Waals surface area contributed by atoms with E-state index in [9.17, 15) is 9.59 Å². The minimum atomic E-state index is -0.463. The molecule has 2 amide bonds. The maximum Gasteiger partial charge on any atom is 0.253 e. The molecule has 0 aromatic heterocycles. The van der Waals surface area contributed by atoms with Crippen LogP contribution >= 0.6 is 24.0 Å². The van der Waals surface area contributed by atoms with E-state index >= 15 is 0 Å². The molecule has 2 rings (SSSR count). The molecule has 0 heterocycles. The monoisotopic (exact) mass is 395 g/mol. The van der Waals surface area contributed by atoms with E-state index in [0.29, 0.717) is 17.1 Å². The summed E-state index contributed by atoms with van der Waals surface area (Å²) in [6.07, 6.45) is 0.116. The van der Waals surface area contributed by atoms with Crippen LogP contribution in [0.25, 0.3) is 0 Å². The SMILES string of the molecule is C[C@@H](CN)NC(=O)CC(NC(=O)c1ccccc1Cl)c1ccccc1.Cl. The summed E-state index contributed by atoms with van der Waals surface area (Å²) >= 11 is 6.09. The number of hydrogen-bond donors (Lipinski definition) is 3. The third-order valence-corrected chi connectivity index (χ3v) is 4.11. The molecule has 4 N–H and O–H groups in total. The minimum absolute atomic E-state index is 0. The van der Waals surface area contributed by atoms with Crippen molar-refractivity contribution < 1.29 is 9.59 Å². The molecule has 2 aromatic rings. The van der Waals surface area contributed by atoms with Crippen molar-refractivity contribution in [2.75, 3.05) is 6.54 Å². The predicted molar refractivity (Wildman–Crippen MR) is 107 cm³/mol. The van der Waals surface area contributed by atoms with Gasteiger partial charge in [0.05, 0.1) is 23.0 Å². The first-order valence-corrected chi connectivity index (χ1v) is 8.48. The van der Waals surface area contributed by atoms with Crippen molar-refractivity contribution >= 4 is 35.8 Å². The summed E-state index contributed by atoms with van der Waals surface area (Å²) in [4.78, 5) is 24.8. The molecule has 140 valence electrons. The molecular weight excluding hydrogens is 373 g/mol. The van der Waals surface area contributed by atoms with Gasteiger partial charge in [0.1, 0.15) is 0 Å². The predicted octanol–water partition coefficient (Wildman–Crippen LogP) is 3.09. The molecule has 1 unspecified atom stereocenters. The van der Waals surface area contributed by atoms with E-state index in [1.54, 1.807) is 24.3 Å². The quantitative estimate of drug-likeness (QED) is 0.673. The van der Waals surface area contributed by atoms with Crippen LogP contribution in [-0.4, -0.2) is 24.4 Å². The van der Waals surface area contributed by atoms with Gasteiger partial charge in [-0.1, -0.05) is 54.1 Å². The molecule has 0 saturated carbocycles.